The Bertz CT molecular complexity index is 1220. The van der Waals surface area contributed by atoms with E-state index in [1.807, 2.05) is 0 Å². The zero-order valence-electron chi connectivity index (χ0n) is 38.0. The number of hydrogen-bond acceptors (Lipinski definition) is 6. The molecule has 59 heavy (non-hydrogen) atoms. The van der Waals surface area contributed by atoms with Gasteiger partial charge in [0, 0.05) is 19.3 Å². The first-order valence-corrected chi connectivity index (χ1v) is 23.7. The second-order valence-electron chi connectivity index (χ2n) is 15.2. The first kappa shape index (κ1) is 55.3. The fourth-order valence-electron chi connectivity index (χ4n) is 6.01. The van der Waals surface area contributed by atoms with Crippen molar-refractivity contribution in [3.63, 3.8) is 0 Å². The molecule has 0 aromatic carbocycles. The number of rotatable bonds is 41. The molecule has 0 fully saturated rings. The van der Waals surface area contributed by atoms with Crippen molar-refractivity contribution < 1.29 is 28.6 Å². The molecule has 1 atom stereocenters. The summed E-state index contributed by atoms with van der Waals surface area (Å²) in [5.41, 5.74) is 0. The average Bonchev–Trinajstić information content (AvgIpc) is 3.23. The van der Waals surface area contributed by atoms with Crippen LogP contribution in [-0.2, 0) is 28.6 Å². The Morgan fingerprint density at radius 1 is 0.356 bits per heavy atom. The fraction of sp³-hybridized carbons (Fsp3) is 0.642. The summed E-state index contributed by atoms with van der Waals surface area (Å²) in [4.78, 5) is 37.8. The maximum absolute atomic E-state index is 12.7. The van der Waals surface area contributed by atoms with Crippen molar-refractivity contribution in [2.45, 2.75) is 207 Å². The number of unbranched alkanes of at least 4 members (excludes halogenated alkanes) is 14. The van der Waals surface area contributed by atoms with E-state index in [0.29, 0.717) is 19.3 Å². The number of allylic oxidation sites excluding steroid dienone is 16. The number of carbonyl (C=O) groups excluding carboxylic acids is 3. The van der Waals surface area contributed by atoms with E-state index in [9.17, 15) is 14.4 Å². The Hall–Kier alpha value is -3.67. The van der Waals surface area contributed by atoms with Gasteiger partial charge in [-0.05, 0) is 109 Å². The molecule has 1 unspecified atom stereocenters. The summed E-state index contributed by atoms with van der Waals surface area (Å²) in [5, 5.41) is 0. The number of carbonyl (C=O) groups is 3. The molecule has 0 saturated carbocycles. The third kappa shape index (κ3) is 45.3. The normalized spacial score (nSPS) is 12.9. The van der Waals surface area contributed by atoms with Gasteiger partial charge in [-0.15, -0.1) is 0 Å². The third-order valence-corrected chi connectivity index (χ3v) is 9.55. The summed E-state index contributed by atoms with van der Waals surface area (Å²) in [5.74, 6) is -0.982. The largest absolute Gasteiger partial charge is 0.462 e. The predicted octanol–water partition coefficient (Wildman–Crippen LogP) is 15.4. The Morgan fingerprint density at radius 2 is 0.661 bits per heavy atom. The van der Waals surface area contributed by atoms with Crippen molar-refractivity contribution >= 4 is 17.9 Å². The van der Waals surface area contributed by atoms with Gasteiger partial charge >= 0.3 is 17.9 Å². The highest BCUT2D eigenvalue weighted by atomic mass is 16.6. The Kier molecular flexibility index (Phi) is 44.1. The quantitative estimate of drug-likeness (QED) is 0.0265. The van der Waals surface area contributed by atoms with E-state index in [2.05, 4.69) is 118 Å². The smallest absolute Gasteiger partial charge is 0.306 e. The van der Waals surface area contributed by atoms with Crippen molar-refractivity contribution in [3.8, 4) is 0 Å². The maximum atomic E-state index is 12.7. The molecule has 0 spiro atoms. The van der Waals surface area contributed by atoms with Gasteiger partial charge in [-0.2, -0.15) is 0 Å². The maximum Gasteiger partial charge on any atom is 0.306 e. The standard InChI is InChI=1S/C53H86O6/c1-4-7-10-13-16-19-22-24-26-28-31-34-37-40-43-46-52(55)58-49-50(48-57-51(54)45-42-39-36-33-30-21-18-15-12-9-6-3)59-53(56)47-44-41-38-35-32-29-27-25-23-20-17-14-11-8-5-2/h7-8,10-11,15-20,24-27,31,34,50H,4-6,9,12-14,21-23,28-30,32-33,35-49H2,1-3H3/b10-7-,11-8-,18-15-,19-16-,20-17-,26-24-,27-25-,34-31-. The van der Waals surface area contributed by atoms with Crippen LogP contribution in [0.5, 0.6) is 0 Å². The minimum absolute atomic E-state index is 0.104. The SMILES string of the molecule is CC/C=C\C/C=C\C/C=C\C/C=C\CCCCC(=O)OCC(COC(=O)CCCCCCC/C=C\CCCC)OC(=O)CCCCCCC/C=C\C/C=C\C/C=C\CC. The molecule has 0 heterocycles. The summed E-state index contributed by atoms with van der Waals surface area (Å²) in [7, 11) is 0. The van der Waals surface area contributed by atoms with Crippen molar-refractivity contribution in [1.82, 2.24) is 0 Å². The zero-order chi connectivity index (χ0) is 43.0. The van der Waals surface area contributed by atoms with Crippen LogP contribution in [0.25, 0.3) is 0 Å². The first-order valence-electron chi connectivity index (χ1n) is 23.7. The van der Waals surface area contributed by atoms with E-state index >= 15 is 0 Å². The minimum atomic E-state index is -0.806. The van der Waals surface area contributed by atoms with Crippen molar-refractivity contribution in [2.75, 3.05) is 13.2 Å². The Balaban J connectivity index is 4.51. The summed E-state index contributed by atoms with van der Waals surface area (Å²) >= 11 is 0. The van der Waals surface area contributed by atoms with E-state index in [0.717, 1.165) is 135 Å². The molecule has 0 N–H and O–H groups in total. The summed E-state index contributed by atoms with van der Waals surface area (Å²) in [6.45, 7) is 6.29. The van der Waals surface area contributed by atoms with Crippen molar-refractivity contribution in [2.24, 2.45) is 0 Å². The lowest BCUT2D eigenvalue weighted by Crippen LogP contribution is -2.30. The third-order valence-electron chi connectivity index (χ3n) is 9.55. The number of hydrogen-bond donors (Lipinski definition) is 0. The lowest BCUT2D eigenvalue weighted by molar-refractivity contribution is -0.167. The molecule has 0 aromatic rings. The molecular weight excluding hydrogens is 733 g/mol. The van der Waals surface area contributed by atoms with Crippen LogP contribution in [0.2, 0.25) is 0 Å². The van der Waals surface area contributed by atoms with E-state index in [-0.39, 0.29) is 31.1 Å². The van der Waals surface area contributed by atoms with Gasteiger partial charge in [0.15, 0.2) is 6.10 Å². The van der Waals surface area contributed by atoms with E-state index in [1.165, 1.54) is 25.7 Å². The van der Waals surface area contributed by atoms with E-state index in [4.69, 9.17) is 14.2 Å². The molecular formula is C53H86O6. The molecule has 0 saturated heterocycles. The van der Waals surface area contributed by atoms with Crippen LogP contribution in [0.15, 0.2) is 97.2 Å². The van der Waals surface area contributed by atoms with Crippen LogP contribution in [0.1, 0.15) is 201 Å². The van der Waals surface area contributed by atoms with Crippen LogP contribution in [0, 0.1) is 0 Å². The molecule has 0 bridgehead atoms. The predicted molar refractivity (Wildman–Crippen MR) is 251 cm³/mol. The Morgan fingerprint density at radius 3 is 1.08 bits per heavy atom. The van der Waals surface area contributed by atoms with E-state index in [1.54, 1.807) is 0 Å². The molecule has 0 aromatic heterocycles. The summed E-state index contributed by atoms with van der Waals surface area (Å²) < 4.78 is 16.7. The van der Waals surface area contributed by atoms with Crippen LogP contribution < -0.4 is 0 Å². The van der Waals surface area contributed by atoms with Crippen LogP contribution in [0.4, 0.5) is 0 Å². The summed E-state index contributed by atoms with van der Waals surface area (Å²) in [6, 6.07) is 0. The second kappa shape index (κ2) is 47.0. The monoisotopic (exact) mass is 819 g/mol. The van der Waals surface area contributed by atoms with Gasteiger partial charge in [0.05, 0.1) is 0 Å². The van der Waals surface area contributed by atoms with Crippen LogP contribution in [-0.4, -0.2) is 37.2 Å². The fourth-order valence-corrected chi connectivity index (χ4v) is 6.01. The minimum Gasteiger partial charge on any atom is -0.462 e. The second-order valence-corrected chi connectivity index (χ2v) is 15.2. The van der Waals surface area contributed by atoms with Gasteiger partial charge in [-0.25, -0.2) is 0 Å². The highest BCUT2D eigenvalue weighted by Crippen LogP contribution is 2.12. The molecule has 0 rings (SSSR count). The number of ether oxygens (including phenoxy) is 3. The average molecular weight is 819 g/mol. The van der Waals surface area contributed by atoms with Crippen LogP contribution in [0.3, 0.4) is 0 Å². The topological polar surface area (TPSA) is 78.9 Å². The number of esters is 3. The Labute approximate surface area is 362 Å². The summed E-state index contributed by atoms with van der Waals surface area (Å²) in [6.07, 6.45) is 61.0. The lowest BCUT2D eigenvalue weighted by atomic mass is 10.1. The molecule has 334 valence electrons. The molecule has 0 radical (unpaired) electrons. The molecule has 0 aliphatic rings. The molecule has 0 aliphatic carbocycles. The van der Waals surface area contributed by atoms with Crippen molar-refractivity contribution in [1.29, 1.82) is 0 Å². The van der Waals surface area contributed by atoms with Gasteiger partial charge in [0.1, 0.15) is 13.2 Å². The highest BCUT2D eigenvalue weighted by molar-refractivity contribution is 5.71. The first-order chi connectivity index (χ1) is 29.0. The van der Waals surface area contributed by atoms with Gasteiger partial charge < -0.3 is 14.2 Å². The van der Waals surface area contributed by atoms with Gasteiger partial charge in [0.2, 0.25) is 0 Å². The molecule has 6 nitrogen and oxygen atoms in total. The van der Waals surface area contributed by atoms with Gasteiger partial charge in [0.25, 0.3) is 0 Å². The van der Waals surface area contributed by atoms with Gasteiger partial charge in [-0.3, -0.25) is 14.4 Å². The van der Waals surface area contributed by atoms with Crippen molar-refractivity contribution in [3.05, 3.63) is 97.2 Å². The van der Waals surface area contributed by atoms with Gasteiger partial charge in [-0.1, -0.05) is 169 Å². The van der Waals surface area contributed by atoms with Crippen LogP contribution >= 0.6 is 0 Å². The lowest BCUT2D eigenvalue weighted by Gasteiger charge is -2.18. The molecule has 0 aliphatic heterocycles. The van der Waals surface area contributed by atoms with E-state index < -0.39 is 6.10 Å². The zero-order valence-corrected chi connectivity index (χ0v) is 38.0. The highest BCUT2D eigenvalue weighted by Gasteiger charge is 2.19. The molecule has 6 heteroatoms. The molecule has 0 amide bonds.